The van der Waals surface area contributed by atoms with Crippen molar-refractivity contribution in [3.63, 3.8) is 0 Å². The minimum Gasteiger partial charge on any atom is -0.310 e. The first-order valence-electron chi connectivity index (χ1n) is 5.81. The van der Waals surface area contributed by atoms with E-state index in [-0.39, 0.29) is 11.2 Å². The lowest BCUT2D eigenvalue weighted by Crippen LogP contribution is -2.41. The first-order valence-corrected chi connectivity index (χ1v) is 5.81. The summed E-state index contributed by atoms with van der Waals surface area (Å²) in [5, 5.41) is 13.9. The quantitative estimate of drug-likeness (QED) is 0.602. The van der Waals surface area contributed by atoms with E-state index in [9.17, 15) is 14.9 Å². The monoisotopic (exact) mass is 254 g/mol. The van der Waals surface area contributed by atoms with Gasteiger partial charge in [0.15, 0.2) is 0 Å². The lowest BCUT2D eigenvalue weighted by molar-refractivity contribution is -0.385. The van der Waals surface area contributed by atoms with E-state index in [1.54, 1.807) is 0 Å². The van der Waals surface area contributed by atoms with E-state index < -0.39 is 10.6 Å². The van der Waals surface area contributed by atoms with Crippen LogP contribution in [0.2, 0.25) is 0 Å². The highest BCUT2D eigenvalue weighted by Crippen LogP contribution is 2.07. The summed E-state index contributed by atoms with van der Waals surface area (Å²) in [7, 11) is 0. The molecule has 0 amide bonds. The molecule has 1 heterocycles. The molecule has 0 saturated carbocycles. The third kappa shape index (κ3) is 3.92. The maximum absolute atomic E-state index is 11.4. The Kier molecular flexibility index (Phi) is 4.55. The first-order chi connectivity index (χ1) is 8.35. The highest BCUT2D eigenvalue weighted by atomic mass is 16.6. The van der Waals surface area contributed by atoms with Crippen molar-refractivity contribution < 1.29 is 4.92 Å². The van der Waals surface area contributed by atoms with E-state index in [4.69, 9.17) is 0 Å². The molecule has 18 heavy (non-hydrogen) atoms. The summed E-state index contributed by atoms with van der Waals surface area (Å²) in [6, 6.07) is 0. The lowest BCUT2D eigenvalue weighted by Gasteiger charge is -2.24. The Bertz CT molecular complexity index is 481. The van der Waals surface area contributed by atoms with Crippen LogP contribution in [-0.2, 0) is 6.54 Å². The molecule has 1 aromatic heterocycles. The zero-order valence-corrected chi connectivity index (χ0v) is 10.8. The highest BCUT2D eigenvalue weighted by molar-refractivity contribution is 5.20. The van der Waals surface area contributed by atoms with Gasteiger partial charge in [-0.1, -0.05) is 6.92 Å². The second kappa shape index (κ2) is 5.72. The largest absolute Gasteiger partial charge is 0.348 e. The molecule has 0 fully saturated rings. The van der Waals surface area contributed by atoms with Gasteiger partial charge >= 0.3 is 11.4 Å². The molecule has 0 aliphatic carbocycles. The molecule has 1 aromatic rings. The zero-order valence-electron chi connectivity index (χ0n) is 10.8. The molecular weight excluding hydrogens is 236 g/mol. The van der Waals surface area contributed by atoms with Crippen molar-refractivity contribution in [2.24, 2.45) is 0 Å². The van der Waals surface area contributed by atoms with Crippen LogP contribution in [-0.4, -0.2) is 26.6 Å². The van der Waals surface area contributed by atoms with Crippen LogP contribution >= 0.6 is 0 Å². The molecule has 0 saturated heterocycles. The zero-order chi connectivity index (χ0) is 13.8. The van der Waals surface area contributed by atoms with Crippen LogP contribution in [0.15, 0.2) is 17.2 Å². The van der Waals surface area contributed by atoms with Crippen LogP contribution in [0.4, 0.5) is 5.69 Å². The van der Waals surface area contributed by atoms with Gasteiger partial charge in [-0.2, -0.15) is 4.98 Å². The average molecular weight is 254 g/mol. The molecule has 0 bridgehead atoms. The second-order valence-electron chi connectivity index (χ2n) is 4.71. The molecule has 7 heteroatoms. The Labute approximate surface area is 105 Å². The van der Waals surface area contributed by atoms with E-state index in [0.29, 0.717) is 13.1 Å². The van der Waals surface area contributed by atoms with E-state index in [1.165, 1.54) is 10.8 Å². The van der Waals surface area contributed by atoms with Crippen molar-refractivity contribution in [2.45, 2.75) is 39.3 Å². The van der Waals surface area contributed by atoms with Gasteiger partial charge in [-0.15, -0.1) is 0 Å². The summed E-state index contributed by atoms with van der Waals surface area (Å²) in [4.78, 5) is 24.9. The van der Waals surface area contributed by atoms with Crippen LogP contribution in [0.1, 0.15) is 27.2 Å². The molecule has 0 aliphatic heterocycles. The number of nitrogens with zero attached hydrogens (tertiary/aromatic N) is 3. The second-order valence-corrected chi connectivity index (χ2v) is 4.71. The molecule has 1 rings (SSSR count). The van der Waals surface area contributed by atoms with E-state index >= 15 is 0 Å². The molecule has 0 aliphatic rings. The molecule has 1 N–H and O–H groups in total. The van der Waals surface area contributed by atoms with Crippen molar-refractivity contribution in [2.75, 3.05) is 6.54 Å². The molecule has 0 aromatic carbocycles. The predicted octanol–water partition coefficient (Wildman–Crippen LogP) is 0.930. The van der Waals surface area contributed by atoms with Crippen LogP contribution in [0.5, 0.6) is 0 Å². The molecule has 7 nitrogen and oxygen atoms in total. The lowest BCUT2D eigenvalue weighted by atomic mass is 10.0. The normalized spacial score (nSPS) is 11.5. The summed E-state index contributed by atoms with van der Waals surface area (Å²) >= 11 is 0. The Balaban J connectivity index is 2.70. The van der Waals surface area contributed by atoms with Gasteiger partial charge in [-0.3, -0.25) is 14.7 Å². The van der Waals surface area contributed by atoms with Gasteiger partial charge in [0.2, 0.25) is 0 Å². The molecule has 0 atom stereocenters. The van der Waals surface area contributed by atoms with Gasteiger partial charge in [-0.05, 0) is 20.3 Å². The third-order valence-electron chi connectivity index (χ3n) is 2.89. The predicted molar refractivity (Wildman–Crippen MR) is 67.5 cm³/mol. The van der Waals surface area contributed by atoms with Crippen molar-refractivity contribution in [1.82, 2.24) is 14.9 Å². The Hall–Kier alpha value is -1.76. The highest BCUT2D eigenvalue weighted by Gasteiger charge is 2.14. The van der Waals surface area contributed by atoms with E-state index in [0.717, 1.165) is 12.6 Å². The maximum atomic E-state index is 11.4. The topological polar surface area (TPSA) is 90.1 Å². The Morgan fingerprint density at radius 3 is 2.78 bits per heavy atom. The van der Waals surface area contributed by atoms with Crippen molar-refractivity contribution in [3.8, 4) is 0 Å². The van der Waals surface area contributed by atoms with E-state index in [1.807, 2.05) is 0 Å². The van der Waals surface area contributed by atoms with Crippen molar-refractivity contribution in [1.29, 1.82) is 0 Å². The van der Waals surface area contributed by atoms with Crippen LogP contribution in [0.25, 0.3) is 0 Å². The maximum Gasteiger partial charge on any atom is 0.348 e. The third-order valence-corrected chi connectivity index (χ3v) is 2.89. The van der Waals surface area contributed by atoms with E-state index in [2.05, 4.69) is 31.1 Å². The van der Waals surface area contributed by atoms with Gasteiger partial charge in [-0.25, -0.2) is 4.79 Å². The van der Waals surface area contributed by atoms with Crippen molar-refractivity contribution >= 4 is 5.69 Å². The number of nitrogens with one attached hydrogen (secondary N) is 1. The molecule has 0 unspecified atom stereocenters. The SMILES string of the molecule is CCC(C)(C)NCCn1cc([N+](=O)[O-])cnc1=O. The standard InChI is InChI=1S/C11H18N4O3/c1-4-11(2,3)13-5-6-14-8-9(15(17)18)7-12-10(14)16/h7-8,13H,4-6H2,1-3H3. The van der Waals surface area contributed by atoms with Gasteiger partial charge in [0.25, 0.3) is 0 Å². The fourth-order valence-electron chi connectivity index (χ4n) is 1.34. The molecule has 0 spiro atoms. The molecular formula is C11H18N4O3. The van der Waals surface area contributed by atoms with Gasteiger partial charge in [0.05, 0.1) is 11.1 Å². The molecule has 100 valence electrons. The average Bonchev–Trinajstić information content (AvgIpc) is 2.31. The molecule has 0 radical (unpaired) electrons. The summed E-state index contributed by atoms with van der Waals surface area (Å²) in [5.74, 6) is 0. The smallest absolute Gasteiger partial charge is 0.310 e. The van der Waals surface area contributed by atoms with Gasteiger partial charge < -0.3 is 5.32 Å². The van der Waals surface area contributed by atoms with Crippen LogP contribution < -0.4 is 11.0 Å². The number of nitro groups is 1. The minimum absolute atomic E-state index is 0.0161. The summed E-state index contributed by atoms with van der Waals surface area (Å²) in [6.07, 6.45) is 3.15. The fraction of sp³-hybridized carbons (Fsp3) is 0.636. The van der Waals surface area contributed by atoms with Crippen LogP contribution in [0.3, 0.4) is 0 Å². The number of hydrogen-bond acceptors (Lipinski definition) is 5. The minimum atomic E-state index is -0.563. The first kappa shape index (κ1) is 14.3. The number of aromatic nitrogens is 2. The summed E-state index contributed by atoms with van der Waals surface area (Å²) < 4.78 is 1.25. The Morgan fingerprint density at radius 1 is 1.56 bits per heavy atom. The fourth-order valence-corrected chi connectivity index (χ4v) is 1.34. The summed E-state index contributed by atoms with van der Waals surface area (Å²) in [5.41, 5.74) is -0.668. The number of hydrogen-bond donors (Lipinski definition) is 1. The van der Waals surface area contributed by atoms with Gasteiger partial charge in [0, 0.05) is 18.6 Å². The summed E-state index contributed by atoms with van der Waals surface area (Å²) in [6.45, 7) is 7.09. The van der Waals surface area contributed by atoms with Gasteiger partial charge in [0.1, 0.15) is 6.20 Å². The number of rotatable bonds is 6. The van der Waals surface area contributed by atoms with Crippen molar-refractivity contribution in [3.05, 3.63) is 33.0 Å². The Morgan fingerprint density at radius 2 is 2.22 bits per heavy atom. The van der Waals surface area contributed by atoms with Crippen LogP contribution in [0, 0.1) is 10.1 Å².